The average Bonchev–Trinajstić information content (AvgIpc) is 2.79. The predicted molar refractivity (Wildman–Crippen MR) is 88.1 cm³/mol. The molecule has 0 unspecified atom stereocenters. The van der Waals surface area contributed by atoms with Crippen molar-refractivity contribution in [2.24, 2.45) is 0 Å². The van der Waals surface area contributed by atoms with Gasteiger partial charge < -0.3 is 15.3 Å². The molecule has 2 saturated heterocycles. The van der Waals surface area contributed by atoms with E-state index >= 15 is 0 Å². The molecule has 2 aliphatic heterocycles. The quantitative estimate of drug-likeness (QED) is 0.900. The zero-order chi connectivity index (χ0) is 15.7. The molecule has 1 aromatic carbocycles. The summed E-state index contributed by atoms with van der Waals surface area (Å²) in [5, 5.41) is 13.0. The fourth-order valence-corrected chi connectivity index (χ4v) is 3.93. The number of benzene rings is 1. The Morgan fingerprint density at radius 3 is 2.50 bits per heavy atom. The fourth-order valence-electron chi connectivity index (χ4n) is 3.93. The van der Waals surface area contributed by atoms with Gasteiger partial charge in [0.1, 0.15) is 0 Å². The Bertz CT molecular complexity index is 544. The van der Waals surface area contributed by atoms with Crippen molar-refractivity contribution >= 4 is 11.7 Å². The molecule has 22 heavy (non-hydrogen) atoms. The second kappa shape index (κ2) is 6.29. The van der Waals surface area contributed by atoms with Crippen LogP contribution in [0, 0.1) is 0 Å². The highest BCUT2D eigenvalue weighted by molar-refractivity contribution is 5.91. The minimum Gasteiger partial charge on any atom is -0.393 e. The Hall–Kier alpha value is -1.55. The molecule has 0 spiro atoms. The van der Waals surface area contributed by atoms with Gasteiger partial charge in [0, 0.05) is 17.8 Å². The van der Waals surface area contributed by atoms with E-state index in [1.165, 1.54) is 11.1 Å². The van der Waals surface area contributed by atoms with E-state index in [1.807, 2.05) is 4.90 Å². The smallest absolute Gasteiger partial charge is 0.322 e. The maximum Gasteiger partial charge on any atom is 0.322 e. The first-order chi connectivity index (χ1) is 10.6. The van der Waals surface area contributed by atoms with Crippen molar-refractivity contribution in [2.75, 3.05) is 5.32 Å². The van der Waals surface area contributed by atoms with E-state index in [1.54, 1.807) is 0 Å². The Morgan fingerprint density at radius 1 is 1.23 bits per heavy atom. The number of anilines is 1. The number of hydrogen-bond donors (Lipinski definition) is 2. The van der Waals surface area contributed by atoms with Crippen LogP contribution >= 0.6 is 0 Å². The fraction of sp³-hybridized carbons (Fsp3) is 0.611. The van der Waals surface area contributed by atoms with Gasteiger partial charge in [-0.3, -0.25) is 0 Å². The normalized spacial score (nSPS) is 27.0. The van der Waals surface area contributed by atoms with Crippen LogP contribution in [0.3, 0.4) is 0 Å². The minimum atomic E-state index is -0.240. The van der Waals surface area contributed by atoms with Crippen LogP contribution in [0.5, 0.6) is 0 Å². The molecule has 0 aromatic heterocycles. The number of nitrogens with one attached hydrogen (secondary N) is 1. The zero-order valence-corrected chi connectivity index (χ0v) is 13.5. The highest BCUT2D eigenvalue weighted by Crippen LogP contribution is 2.36. The molecule has 3 rings (SSSR count). The van der Waals surface area contributed by atoms with Crippen LogP contribution in [0.4, 0.5) is 10.5 Å². The summed E-state index contributed by atoms with van der Waals surface area (Å²) in [5.41, 5.74) is 3.36. The van der Waals surface area contributed by atoms with Gasteiger partial charge in [-0.25, -0.2) is 4.79 Å². The van der Waals surface area contributed by atoms with E-state index in [0.29, 0.717) is 0 Å². The highest BCUT2D eigenvalue weighted by atomic mass is 16.3. The number of aliphatic hydroxyl groups excluding tert-OH is 1. The molecule has 2 fully saturated rings. The summed E-state index contributed by atoms with van der Waals surface area (Å²) in [7, 11) is 0. The molecule has 2 atom stereocenters. The molecule has 0 radical (unpaired) electrons. The summed E-state index contributed by atoms with van der Waals surface area (Å²) < 4.78 is 0. The van der Waals surface area contributed by atoms with Crippen molar-refractivity contribution in [3.63, 3.8) is 0 Å². The van der Waals surface area contributed by atoms with Crippen molar-refractivity contribution < 1.29 is 9.90 Å². The lowest BCUT2D eigenvalue weighted by atomic mass is 10.0. The summed E-state index contributed by atoms with van der Waals surface area (Å²) in [6, 6.07) is 6.75. The molecule has 120 valence electrons. The van der Waals surface area contributed by atoms with Crippen LogP contribution in [0.1, 0.15) is 50.7 Å². The van der Waals surface area contributed by atoms with E-state index in [9.17, 15) is 9.90 Å². The zero-order valence-electron chi connectivity index (χ0n) is 13.5. The van der Waals surface area contributed by atoms with Gasteiger partial charge in [-0.15, -0.1) is 0 Å². The Balaban J connectivity index is 1.77. The van der Waals surface area contributed by atoms with Crippen LogP contribution in [-0.4, -0.2) is 34.2 Å². The van der Waals surface area contributed by atoms with Crippen LogP contribution in [0.15, 0.2) is 18.2 Å². The Morgan fingerprint density at radius 2 is 1.91 bits per heavy atom. The minimum absolute atomic E-state index is 0.00218. The van der Waals surface area contributed by atoms with E-state index in [2.05, 4.69) is 37.4 Å². The second-order valence-corrected chi connectivity index (χ2v) is 6.55. The molecule has 4 heteroatoms. The van der Waals surface area contributed by atoms with Crippen LogP contribution in [0.2, 0.25) is 0 Å². The first-order valence-corrected chi connectivity index (χ1v) is 8.51. The molecule has 2 aliphatic rings. The van der Waals surface area contributed by atoms with Crippen LogP contribution in [-0.2, 0) is 12.8 Å². The molecule has 0 aliphatic carbocycles. The maximum absolute atomic E-state index is 12.7. The van der Waals surface area contributed by atoms with E-state index < -0.39 is 0 Å². The molecule has 4 nitrogen and oxygen atoms in total. The van der Waals surface area contributed by atoms with E-state index in [-0.39, 0.29) is 24.2 Å². The van der Waals surface area contributed by atoms with Gasteiger partial charge in [0.05, 0.1) is 6.10 Å². The lowest BCUT2D eigenvalue weighted by Gasteiger charge is -2.37. The lowest BCUT2D eigenvalue weighted by molar-refractivity contribution is 0.0580. The summed E-state index contributed by atoms with van der Waals surface area (Å²) in [4.78, 5) is 14.7. The van der Waals surface area contributed by atoms with Gasteiger partial charge in [0.2, 0.25) is 0 Å². The van der Waals surface area contributed by atoms with Crippen molar-refractivity contribution in [1.29, 1.82) is 0 Å². The van der Waals surface area contributed by atoms with Crippen LogP contribution in [0.25, 0.3) is 0 Å². The molecule has 0 saturated carbocycles. The third-order valence-electron chi connectivity index (χ3n) is 5.15. The van der Waals surface area contributed by atoms with Gasteiger partial charge in [-0.05, 0) is 55.7 Å². The molecular weight excluding hydrogens is 276 g/mol. The number of fused-ring (bicyclic) bond motifs is 2. The summed E-state index contributed by atoms with van der Waals surface area (Å²) in [6.07, 6.45) is 5.12. The molecule has 2 heterocycles. The molecule has 2 N–H and O–H groups in total. The molecule has 2 amide bonds. The first-order valence-electron chi connectivity index (χ1n) is 8.51. The summed E-state index contributed by atoms with van der Waals surface area (Å²) in [6.45, 7) is 4.23. The molecular formula is C18H26N2O2. The average molecular weight is 302 g/mol. The van der Waals surface area contributed by atoms with Gasteiger partial charge in [-0.1, -0.05) is 26.0 Å². The standard InChI is InChI=1S/C18H26N2O2/c1-3-12-5-6-13(4-2)17(9-12)19-18(22)20-14-7-8-15(20)11-16(21)10-14/h5-6,9,14-16,21H,3-4,7-8,10-11H2,1-2H3,(H,19,22)/t14-,15-/m0/s1. The molecule has 2 bridgehead atoms. The van der Waals surface area contributed by atoms with Gasteiger partial charge in [-0.2, -0.15) is 0 Å². The number of hydrogen-bond acceptors (Lipinski definition) is 2. The van der Waals surface area contributed by atoms with Gasteiger partial charge in [0.25, 0.3) is 0 Å². The number of aryl methyl sites for hydroxylation is 2. The Labute approximate surface area is 132 Å². The van der Waals surface area contributed by atoms with Crippen molar-refractivity contribution in [2.45, 2.75) is 70.6 Å². The summed E-state index contributed by atoms with van der Waals surface area (Å²) in [5.74, 6) is 0. The number of amides is 2. The van der Waals surface area contributed by atoms with Gasteiger partial charge >= 0.3 is 6.03 Å². The lowest BCUT2D eigenvalue weighted by Crippen LogP contribution is -2.49. The third-order valence-corrected chi connectivity index (χ3v) is 5.15. The SMILES string of the molecule is CCc1ccc(CC)c(NC(=O)N2[C@H]3CC[C@H]2CC(O)C3)c1. The van der Waals surface area contributed by atoms with Gasteiger partial charge in [0.15, 0.2) is 0 Å². The first kappa shape index (κ1) is 15.3. The second-order valence-electron chi connectivity index (χ2n) is 6.55. The Kier molecular flexibility index (Phi) is 4.39. The van der Waals surface area contributed by atoms with E-state index in [4.69, 9.17) is 0 Å². The summed E-state index contributed by atoms with van der Waals surface area (Å²) >= 11 is 0. The topological polar surface area (TPSA) is 52.6 Å². The number of carbonyl (C=O) groups excluding carboxylic acids is 1. The predicted octanol–water partition coefficient (Wildman–Crippen LogP) is 3.33. The maximum atomic E-state index is 12.7. The number of carbonyl (C=O) groups is 1. The van der Waals surface area contributed by atoms with Crippen molar-refractivity contribution in [3.8, 4) is 0 Å². The van der Waals surface area contributed by atoms with Crippen molar-refractivity contribution in [1.82, 2.24) is 4.90 Å². The largest absolute Gasteiger partial charge is 0.393 e. The van der Waals surface area contributed by atoms with E-state index in [0.717, 1.165) is 44.2 Å². The number of urea groups is 1. The number of aliphatic hydroxyl groups is 1. The van der Waals surface area contributed by atoms with Crippen molar-refractivity contribution in [3.05, 3.63) is 29.3 Å². The number of rotatable bonds is 3. The monoisotopic (exact) mass is 302 g/mol. The number of piperidine rings is 1. The third kappa shape index (κ3) is 2.84. The van der Waals surface area contributed by atoms with Crippen LogP contribution < -0.4 is 5.32 Å². The highest BCUT2D eigenvalue weighted by Gasteiger charge is 2.42. The number of nitrogens with zero attached hydrogens (tertiary/aromatic N) is 1. The molecule has 1 aromatic rings.